The molecule has 4 rings (SSSR count). The molecule has 146 valence electrons. The van der Waals surface area contributed by atoms with Gasteiger partial charge in [0.1, 0.15) is 5.58 Å². The summed E-state index contributed by atoms with van der Waals surface area (Å²) in [5, 5.41) is 11.2. The minimum atomic E-state index is -1.07. The number of halogens is 3. The van der Waals surface area contributed by atoms with Crippen molar-refractivity contribution in [3.05, 3.63) is 62.2 Å². The van der Waals surface area contributed by atoms with Crippen molar-refractivity contribution in [2.24, 2.45) is 0 Å². The number of aromatic carboxylic acids is 1. The van der Waals surface area contributed by atoms with E-state index in [1.165, 1.54) is 0 Å². The van der Waals surface area contributed by atoms with E-state index >= 15 is 0 Å². The molecule has 0 saturated carbocycles. The molecule has 0 aliphatic carbocycles. The van der Waals surface area contributed by atoms with Gasteiger partial charge in [-0.05, 0) is 45.8 Å². The number of benzene rings is 2. The zero-order valence-electron chi connectivity index (χ0n) is 14.8. The predicted molar refractivity (Wildman–Crippen MR) is 115 cm³/mol. The van der Waals surface area contributed by atoms with Crippen LogP contribution in [0.4, 0.5) is 5.69 Å². The van der Waals surface area contributed by atoms with Gasteiger partial charge in [0.05, 0.1) is 10.2 Å². The number of rotatable bonds is 4. The van der Waals surface area contributed by atoms with Crippen LogP contribution in [0, 0.1) is 0 Å². The Balaban J connectivity index is 1.47. The molecule has 1 aliphatic rings. The summed E-state index contributed by atoms with van der Waals surface area (Å²) in [6.45, 7) is 4.30. The number of carboxylic acids is 1. The molecule has 0 spiro atoms. The van der Waals surface area contributed by atoms with Crippen molar-refractivity contribution in [3.8, 4) is 0 Å². The van der Waals surface area contributed by atoms with E-state index in [1.54, 1.807) is 12.1 Å². The smallest absolute Gasteiger partial charge is 0.371 e. The molecule has 2 heterocycles. The van der Waals surface area contributed by atoms with Gasteiger partial charge in [-0.1, -0.05) is 29.3 Å². The lowest BCUT2D eigenvalue weighted by Gasteiger charge is -2.36. The average Bonchev–Trinajstić information content (AvgIpc) is 3.11. The normalized spacial score (nSPS) is 15.3. The molecule has 1 aromatic heterocycles. The number of carbonyl (C=O) groups is 1. The van der Waals surface area contributed by atoms with E-state index in [4.69, 9.17) is 32.7 Å². The second-order valence-corrected chi connectivity index (χ2v) is 8.36. The average molecular weight is 484 g/mol. The highest BCUT2D eigenvalue weighted by atomic mass is 79.9. The summed E-state index contributed by atoms with van der Waals surface area (Å²) in [7, 11) is 0. The Kier molecular flexibility index (Phi) is 5.56. The van der Waals surface area contributed by atoms with Gasteiger partial charge in [-0.15, -0.1) is 0 Å². The fourth-order valence-electron chi connectivity index (χ4n) is 3.45. The van der Waals surface area contributed by atoms with Gasteiger partial charge >= 0.3 is 5.97 Å². The summed E-state index contributed by atoms with van der Waals surface area (Å²) in [5.74, 6) is -1.13. The van der Waals surface area contributed by atoms with Crippen molar-refractivity contribution in [1.29, 1.82) is 0 Å². The molecule has 0 amide bonds. The molecular formula is C20H17BrCl2N2O3. The molecule has 0 radical (unpaired) electrons. The van der Waals surface area contributed by atoms with Gasteiger partial charge in [-0.3, -0.25) is 4.90 Å². The molecule has 1 saturated heterocycles. The van der Waals surface area contributed by atoms with E-state index in [-0.39, 0.29) is 5.76 Å². The molecule has 1 aliphatic heterocycles. The third kappa shape index (κ3) is 3.87. The van der Waals surface area contributed by atoms with Crippen LogP contribution in [0.15, 0.2) is 45.3 Å². The lowest BCUT2D eigenvalue weighted by atomic mass is 10.1. The zero-order chi connectivity index (χ0) is 19.8. The SMILES string of the molecule is O=C(O)c1cc2c(Br)c(N3CCN(Cc4ccc(Cl)cc4Cl)CC3)ccc2o1. The molecular weight excluding hydrogens is 467 g/mol. The Morgan fingerprint density at radius 3 is 2.54 bits per heavy atom. The molecule has 0 bridgehead atoms. The number of nitrogens with zero attached hydrogens (tertiary/aromatic N) is 2. The summed E-state index contributed by atoms with van der Waals surface area (Å²) in [5.41, 5.74) is 2.67. The van der Waals surface area contributed by atoms with Crippen LogP contribution in [0.3, 0.4) is 0 Å². The van der Waals surface area contributed by atoms with Crippen LogP contribution in [0.25, 0.3) is 11.0 Å². The zero-order valence-corrected chi connectivity index (χ0v) is 17.9. The number of hydrogen-bond acceptors (Lipinski definition) is 4. The van der Waals surface area contributed by atoms with Crippen molar-refractivity contribution < 1.29 is 14.3 Å². The maximum absolute atomic E-state index is 11.2. The number of furan rings is 1. The first kappa shape index (κ1) is 19.6. The monoisotopic (exact) mass is 482 g/mol. The molecule has 28 heavy (non-hydrogen) atoms. The van der Waals surface area contributed by atoms with Gasteiger partial charge < -0.3 is 14.4 Å². The van der Waals surface area contributed by atoms with E-state index in [2.05, 4.69) is 25.7 Å². The Labute approximate surface area is 180 Å². The molecule has 1 N–H and O–H groups in total. The Hall–Kier alpha value is -1.73. The first-order chi connectivity index (χ1) is 13.4. The Morgan fingerprint density at radius 2 is 1.86 bits per heavy atom. The number of carboxylic acid groups (broad SMARTS) is 1. The molecule has 5 nitrogen and oxygen atoms in total. The minimum Gasteiger partial charge on any atom is -0.475 e. The lowest BCUT2D eigenvalue weighted by Crippen LogP contribution is -2.46. The largest absolute Gasteiger partial charge is 0.475 e. The first-order valence-corrected chi connectivity index (χ1v) is 10.3. The summed E-state index contributed by atoms with van der Waals surface area (Å²) >= 11 is 15.9. The topological polar surface area (TPSA) is 56.9 Å². The highest BCUT2D eigenvalue weighted by molar-refractivity contribution is 9.10. The van der Waals surface area contributed by atoms with Crippen LogP contribution in [-0.2, 0) is 6.54 Å². The van der Waals surface area contributed by atoms with Crippen LogP contribution in [-0.4, -0.2) is 42.2 Å². The van der Waals surface area contributed by atoms with Gasteiger partial charge in [0, 0.05) is 54.2 Å². The molecule has 2 aromatic carbocycles. The number of anilines is 1. The van der Waals surface area contributed by atoms with Crippen molar-refractivity contribution >= 4 is 61.8 Å². The summed E-state index contributed by atoms with van der Waals surface area (Å²) < 4.78 is 6.23. The van der Waals surface area contributed by atoms with Crippen molar-refractivity contribution in [2.75, 3.05) is 31.1 Å². The second-order valence-electron chi connectivity index (χ2n) is 6.73. The van der Waals surface area contributed by atoms with E-state index < -0.39 is 5.97 Å². The summed E-state index contributed by atoms with van der Waals surface area (Å²) in [6.07, 6.45) is 0. The van der Waals surface area contributed by atoms with Gasteiger partial charge in [-0.2, -0.15) is 0 Å². The van der Waals surface area contributed by atoms with Crippen LogP contribution in [0.2, 0.25) is 10.0 Å². The van der Waals surface area contributed by atoms with Crippen molar-refractivity contribution in [1.82, 2.24) is 4.90 Å². The van der Waals surface area contributed by atoms with Crippen LogP contribution in [0.1, 0.15) is 16.1 Å². The van der Waals surface area contributed by atoms with E-state index in [0.29, 0.717) is 15.6 Å². The minimum absolute atomic E-state index is 0.0579. The lowest BCUT2D eigenvalue weighted by molar-refractivity contribution is 0.0665. The third-order valence-corrected chi connectivity index (χ3v) is 6.37. The molecule has 3 aromatic rings. The highest BCUT2D eigenvalue weighted by Gasteiger charge is 2.22. The van der Waals surface area contributed by atoms with Crippen LogP contribution in [0.5, 0.6) is 0 Å². The fourth-order valence-corrected chi connectivity index (χ4v) is 4.61. The van der Waals surface area contributed by atoms with Crippen LogP contribution < -0.4 is 4.90 Å². The number of fused-ring (bicyclic) bond motifs is 1. The quantitative estimate of drug-likeness (QED) is 0.529. The fraction of sp³-hybridized carbons (Fsp3) is 0.250. The van der Waals surface area contributed by atoms with Crippen molar-refractivity contribution in [3.63, 3.8) is 0 Å². The second kappa shape index (κ2) is 7.95. The van der Waals surface area contributed by atoms with E-state index in [9.17, 15) is 4.79 Å². The van der Waals surface area contributed by atoms with Gasteiger partial charge in [0.2, 0.25) is 5.76 Å². The van der Waals surface area contributed by atoms with E-state index in [1.807, 2.05) is 24.3 Å². The maximum Gasteiger partial charge on any atom is 0.371 e. The highest BCUT2D eigenvalue weighted by Crippen LogP contribution is 2.36. The van der Waals surface area contributed by atoms with Crippen LogP contribution >= 0.6 is 39.1 Å². The summed E-state index contributed by atoms with van der Waals surface area (Å²) in [6, 6.07) is 11.0. The summed E-state index contributed by atoms with van der Waals surface area (Å²) in [4.78, 5) is 15.8. The predicted octanol–water partition coefficient (Wildman–Crippen LogP) is 5.52. The van der Waals surface area contributed by atoms with E-state index in [0.717, 1.165) is 53.8 Å². The first-order valence-electron chi connectivity index (χ1n) is 8.79. The number of piperazine rings is 1. The molecule has 1 fully saturated rings. The molecule has 8 heteroatoms. The standard InChI is InChI=1S/C20H17BrCl2N2O3/c21-19-14-10-18(20(26)27)28-17(14)4-3-16(19)25-7-5-24(6-8-25)11-12-1-2-13(22)9-15(12)23/h1-4,9-10H,5-8,11H2,(H,26,27). The van der Waals surface area contributed by atoms with Gasteiger partial charge in [0.25, 0.3) is 0 Å². The third-order valence-electron chi connectivity index (χ3n) is 4.95. The maximum atomic E-state index is 11.2. The Bertz CT molecular complexity index is 1050. The van der Waals surface area contributed by atoms with Crippen molar-refractivity contribution in [2.45, 2.75) is 6.54 Å². The molecule has 0 atom stereocenters. The van der Waals surface area contributed by atoms with Gasteiger partial charge in [-0.25, -0.2) is 4.79 Å². The number of hydrogen-bond donors (Lipinski definition) is 1. The Morgan fingerprint density at radius 1 is 1.11 bits per heavy atom. The van der Waals surface area contributed by atoms with Gasteiger partial charge in [0.15, 0.2) is 0 Å². The molecule has 0 unspecified atom stereocenters.